The van der Waals surface area contributed by atoms with Crippen molar-refractivity contribution in [3.8, 4) is 0 Å². The molecule has 4 nitrogen and oxygen atoms in total. The third-order valence-corrected chi connectivity index (χ3v) is 4.58. The van der Waals surface area contributed by atoms with Gasteiger partial charge in [0.15, 0.2) is 9.84 Å². The zero-order chi connectivity index (χ0) is 16.4. The van der Waals surface area contributed by atoms with Crippen molar-refractivity contribution in [2.75, 3.05) is 19.3 Å². The zero-order valence-corrected chi connectivity index (χ0v) is 12.7. The average Bonchev–Trinajstić information content (AvgIpc) is 2.24. The van der Waals surface area contributed by atoms with Gasteiger partial charge in [-0.2, -0.15) is 13.2 Å². The van der Waals surface area contributed by atoms with Crippen LogP contribution in [0, 0.1) is 13.8 Å². The van der Waals surface area contributed by atoms with Gasteiger partial charge in [0, 0.05) is 7.05 Å². The molecule has 118 valence electrons. The highest BCUT2D eigenvalue weighted by molar-refractivity contribution is 7.92. The first-order chi connectivity index (χ1) is 9.42. The smallest absolute Gasteiger partial charge is 0.336 e. The number of benzene rings is 1. The molecule has 0 saturated heterocycles. The number of alkyl halides is 3. The van der Waals surface area contributed by atoms with E-state index in [2.05, 4.69) is 0 Å². The molecule has 0 heterocycles. The van der Waals surface area contributed by atoms with Crippen LogP contribution in [0.1, 0.15) is 11.1 Å². The minimum atomic E-state index is -4.56. The summed E-state index contributed by atoms with van der Waals surface area (Å²) >= 11 is 0. The third kappa shape index (κ3) is 5.04. The third-order valence-electron chi connectivity index (χ3n) is 2.82. The number of sulfone groups is 1. The van der Waals surface area contributed by atoms with Crippen LogP contribution in [-0.4, -0.2) is 44.7 Å². The van der Waals surface area contributed by atoms with Crippen molar-refractivity contribution in [3.05, 3.63) is 29.3 Å². The summed E-state index contributed by atoms with van der Waals surface area (Å²) in [5, 5.41) is 0. The van der Waals surface area contributed by atoms with Crippen molar-refractivity contribution in [2.24, 2.45) is 0 Å². The van der Waals surface area contributed by atoms with Crippen LogP contribution in [0.5, 0.6) is 0 Å². The van der Waals surface area contributed by atoms with E-state index in [1.54, 1.807) is 26.0 Å². The fourth-order valence-electron chi connectivity index (χ4n) is 1.86. The predicted octanol–water partition coefficient (Wildman–Crippen LogP) is 2.10. The Bertz CT molecular complexity index is 639. The number of hydrogen-bond donors (Lipinski definition) is 0. The van der Waals surface area contributed by atoms with Gasteiger partial charge in [-0.3, -0.25) is 4.79 Å². The Morgan fingerprint density at radius 3 is 2.29 bits per heavy atom. The van der Waals surface area contributed by atoms with Gasteiger partial charge in [0.05, 0.1) is 4.90 Å². The van der Waals surface area contributed by atoms with E-state index >= 15 is 0 Å². The SMILES string of the molecule is Cc1ccc(S(=O)(=O)CC(=O)N(C)CC(F)(F)F)c(C)c1. The summed E-state index contributed by atoms with van der Waals surface area (Å²) in [7, 11) is -3.04. The lowest BCUT2D eigenvalue weighted by molar-refractivity contribution is -0.156. The lowest BCUT2D eigenvalue weighted by Gasteiger charge is -2.19. The number of hydrogen-bond acceptors (Lipinski definition) is 3. The highest BCUT2D eigenvalue weighted by Crippen LogP contribution is 2.19. The molecule has 1 aromatic carbocycles. The van der Waals surface area contributed by atoms with E-state index in [-0.39, 0.29) is 4.90 Å². The predicted molar refractivity (Wildman–Crippen MR) is 71.7 cm³/mol. The molecule has 8 heteroatoms. The van der Waals surface area contributed by atoms with Crippen LogP contribution in [0.25, 0.3) is 0 Å². The van der Waals surface area contributed by atoms with Gasteiger partial charge in [-0.05, 0) is 25.5 Å². The molecule has 0 bridgehead atoms. The fraction of sp³-hybridized carbons (Fsp3) is 0.462. The number of aryl methyl sites for hydroxylation is 2. The summed E-state index contributed by atoms with van der Waals surface area (Å²) in [5.74, 6) is -2.07. The summed E-state index contributed by atoms with van der Waals surface area (Å²) < 4.78 is 60.8. The fourth-order valence-corrected chi connectivity index (χ4v) is 3.38. The molecule has 0 spiro atoms. The molecule has 0 fully saturated rings. The van der Waals surface area contributed by atoms with Crippen molar-refractivity contribution in [1.82, 2.24) is 4.90 Å². The van der Waals surface area contributed by atoms with Crippen LogP contribution >= 0.6 is 0 Å². The van der Waals surface area contributed by atoms with Crippen LogP contribution < -0.4 is 0 Å². The quantitative estimate of drug-likeness (QED) is 0.853. The normalized spacial score (nSPS) is 12.3. The molecule has 0 saturated carbocycles. The number of carbonyl (C=O) groups is 1. The van der Waals surface area contributed by atoms with E-state index < -0.39 is 34.2 Å². The Morgan fingerprint density at radius 1 is 1.24 bits per heavy atom. The number of amides is 1. The Morgan fingerprint density at radius 2 is 1.81 bits per heavy atom. The summed E-state index contributed by atoms with van der Waals surface area (Å²) in [6, 6.07) is 4.57. The summed E-state index contributed by atoms with van der Waals surface area (Å²) in [6.07, 6.45) is -4.56. The van der Waals surface area contributed by atoms with Gasteiger partial charge in [-0.25, -0.2) is 8.42 Å². The Kier molecular flexibility index (Phi) is 5.03. The van der Waals surface area contributed by atoms with Gasteiger partial charge >= 0.3 is 6.18 Å². The van der Waals surface area contributed by atoms with Gasteiger partial charge in [0.1, 0.15) is 12.3 Å². The van der Waals surface area contributed by atoms with Crippen LogP contribution in [0.4, 0.5) is 13.2 Å². The monoisotopic (exact) mass is 323 g/mol. The first-order valence-corrected chi connectivity index (χ1v) is 7.68. The molecule has 0 aliphatic heterocycles. The van der Waals surface area contributed by atoms with Crippen LogP contribution in [0.2, 0.25) is 0 Å². The van der Waals surface area contributed by atoms with E-state index in [4.69, 9.17) is 0 Å². The molecule has 0 unspecified atom stereocenters. The van der Waals surface area contributed by atoms with Crippen LogP contribution in [0.3, 0.4) is 0 Å². The lowest BCUT2D eigenvalue weighted by atomic mass is 10.2. The first-order valence-electron chi connectivity index (χ1n) is 6.03. The average molecular weight is 323 g/mol. The Balaban J connectivity index is 2.93. The van der Waals surface area contributed by atoms with E-state index in [1.165, 1.54) is 6.07 Å². The van der Waals surface area contributed by atoms with Gasteiger partial charge < -0.3 is 4.90 Å². The Labute approximate surface area is 121 Å². The molecule has 21 heavy (non-hydrogen) atoms. The van der Waals surface area contributed by atoms with E-state index in [0.29, 0.717) is 10.5 Å². The molecule has 0 aliphatic rings. The summed E-state index contributed by atoms with van der Waals surface area (Å²) in [6.45, 7) is 1.88. The summed E-state index contributed by atoms with van der Waals surface area (Å²) in [5.41, 5.74) is 1.31. The topological polar surface area (TPSA) is 54.5 Å². The molecule has 1 aromatic rings. The van der Waals surface area contributed by atoms with E-state index in [1.807, 2.05) is 0 Å². The second-order valence-corrected chi connectivity index (χ2v) is 6.85. The second kappa shape index (κ2) is 6.05. The highest BCUT2D eigenvalue weighted by atomic mass is 32.2. The van der Waals surface area contributed by atoms with E-state index in [0.717, 1.165) is 12.6 Å². The molecule has 0 N–H and O–H groups in total. The highest BCUT2D eigenvalue weighted by Gasteiger charge is 2.33. The summed E-state index contributed by atoms with van der Waals surface area (Å²) in [4.78, 5) is 12.0. The minimum absolute atomic E-state index is 0.0399. The van der Waals surface area contributed by atoms with Crippen molar-refractivity contribution >= 4 is 15.7 Å². The van der Waals surface area contributed by atoms with Crippen LogP contribution in [-0.2, 0) is 14.6 Å². The molecular formula is C13H16F3NO3S. The Hall–Kier alpha value is -1.57. The van der Waals surface area contributed by atoms with Gasteiger partial charge in [-0.15, -0.1) is 0 Å². The van der Waals surface area contributed by atoms with Crippen molar-refractivity contribution < 1.29 is 26.4 Å². The van der Waals surface area contributed by atoms with Crippen LogP contribution in [0.15, 0.2) is 23.1 Å². The van der Waals surface area contributed by atoms with Crippen molar-refractivity contribution in [3.63, 3.8) is 0 Å². The van der Waals surface area contributed by atoms with Gasteiger partial charge in [0.25, 0.3) is 0 Å². The second-order valence-electron chi connectivity index (χ2n) is 4.89. The molecule has 0 radical (unpaired) electrons. The molecule has 0 aliphatic carbocycles. The number of rotatable bonds is 4. The number of carbonyl (C=O) groups excluding carboxylic acids is 1. The molecule has 1 rings (SSSR count). The maximum Gasteiger partial charge on any atom is 0.406 e. The minimum Gasteiger partial charge on any atom is -0.336 e. The molecular weight excluding hydrogens is 307 g/mol. The zero-order valence-electron chi connectivity index (χ0n) is 11.9. The van der Waals surface area contributed by atoms with Gasteiger partial charge in [0.2, 0.25) is 5.91 Å². The molecule has 0 aromatic heterocycles. The van der Waals surface area contributed by atoms with E-state index in [9.17, 15) is 26.4 Å². The molecule has 0 atom stereocenters. The number of nitrogens with zero attached hydrogens (tertiary/aromatic N) is 1. The first kappa shape index (κ1) is 17.5. The standard InChI is InChI=1S/C13H16F3NO3S/c1-9-4-5-11(10(2)6-9)21(19,20)7-12(18)17(3)8-13(14,15)16/h4-6H,7-8H2,1-3H3. The lowest BCUT2D eigenvalue weighted by Crippen LogP contribution is -2.39. The van der Waals surface area contributed by atoms with Crippen molar-refractivity contribution in [2.45, 2.75) is 24.9 Å². The van der Waals surface area contributed by atoms with Gasteiger partial charge in [-0.1, -0.05) is 17.7 Å². The molecule has 1 amide bonds. The maximum absolute atomic E-state index is 12.2. The van der Waals surface area contributed by atoms with Crippen molar-refractivity contribution in [1.29, 1.82) is 0 Å². The maximum atomic E-state index is 12.2. The largest absolute Gasteiger partial charge is 0.406 e. The number of halogens is 3.